The Kier molecular flexibility index (Phi) is 9.57. The minimum atomic E-state index is -0.701. The fraction of sp³-hybridized carbons (Fsp3) is 0.265. The summed E-state index contributed by atoms with van der Waals surface area (Å²) in [4.78, 5) is 25.2. The van der Waals surface area contributed by atoms with Crippen molar-refractivity contribution in [1.82, 2.24) is 24.9 Å². The van der Waals surface area contributed by atoms with Crippen molar-refractivity contribution in [2.75, 3.05) is 31.5 Å². The Balaban J connectivity index is 1.59. The molecule has 46 heavy (non-hydrogen) atoms. The van der Waals surface area contributed by atoms with Crippen LogP contribution in [0.1, 0.15) is 36.4 Å². The largest absolute Gasteiger partial charge is 0.497 e. The van der Waals surface area contributed by atoms with Crippen LogP contribution in [0.2, 0.25) is 0 Å². The van der Waals surface area contributed by atoms with Crippen LogP contribution in [0.4, 0.5) is 21.8 Å². The van der Waals surface area contributed by atoms with Crippen molar-refractivity contribution in [3.8, 4) is 28.8 Å². The first-order valence-electron chi connectivity index (χ1n) is 14.6. The van der Waals surface area contributed by atoms with E-state index in [9.17, 15) is 4.39 Å². The maximum Gasteiger partial charge on any atom is 0.250 e. The summed E-state index contributed by atoms with van der Waals surface area (Å²) in [7, 11) is 4.64. The molecular weight excluding hydrogens is 587 g/mol. The smallest absolute Gasteiger partial charge is 0.250 e. The third-order valence-electron chi connectivity index (χ3n) is 7.22. The first kappa shape index (κ1) is 32.0. The van der Waals surface area contributed by atoms with E-state index in [1.54, 1.807) is 20.4 Å². The molecule has 0 aliphatic rings. The first-order chi connectivity index (χ1) is 22.1. The highest BCUT2D eigenvalue weighted by Gasteiger charge is 2.22. The van der Waals surface area contributed by atoms with Crippen molar-refractivity contribution in [2.45, 2.75) is 39.4 Å². The normalized spacial score (nSPS) is 11.2. The number of rotatable bonds is 12. The van der Waals surface area contributed by atoms with E-state index in [0.29, 0.717) is 47.8 Å². The van der Waals surface area contributed by atoms with Crippen molar-refractivity contribution in [3.05, 3.63) is 101 Å². The molecule has 0 aliphatic carbocycles. The van der Waals surface area contributed by atoms with Gasteiger partial charge in [-0.3, -0.25) is 0 Å². The molecule has 3 aromatic heterocycles. The van der Waals surface area contributed by atoms with Gasteiger partial charge in [-0.15, -0.1) is 0 Å². The van der Waals surface area contributed by atoms with Gasteiger partial charge in [0.15, 0.2) is 11.6 Å². The third kappa shape index (κ3) is 7.64. The topological polar surface area (TPSA) is 133 Å². The van der Waals surface area contributed by atoms with Gasteiger partial charge < -0.3 is 30.2 Å². The number of nitrogens with two attached hydrogens (primary N) is 1. The second-order valence-electron chi connectivity index (χ2n) is 11.2. The van der Waals surface area contributed by atoms with Crippen LogP contribution in [-0.4, -0.2) is 46.2 Å². The van der Waals surface area contributed by atoms with Crippen LogP contribution in [0.5, 0.6) is 17.4 Å². The molecule has 0 unspecified atom stereocenters. The summed E-state index contributed by atoms with van der Waals surface area (Å²) < 4.78 is 30.2. The molecule has 5 aromatic rings. The molecule has 0 fully saturated rings. The lowest BCUT2D eigenvalue weighted by molar-refractivity contribution is 0.369. The van der Waals surface area contributed by atoms with Crippen LogP contribution >= 0.6 is 0 Å². The first-order valence-corrected chi connectivity index (χ1v) is 14.6. The van der Waals surface area contributed by atoms with Crippen molar-refractivity contribution >= 4 is 17.5 Å². The van der Waals surface area contributed by atoms with Crippen LogP contribution in [-0.2, 0) is 18.6 Å². The fourth-order valence-corrected chi connectivity index (χ4v) is 4.70. The Labute approximate surface area is 267 Å². The SMILES string of the molecule is COc1ccc(CN(Cc2ccc(OC)cc2)c2nc(C)nc(-c3cc(C(C)(C)N)cnc3Nc3cnc(OC)c(F)c3)n2)cc1. The molecule has 3 heterocycles. The Morgan fingerprint density at radius 3 is 1.93 bits per heavy atom. The zero-order valence-electron chi connectivity index (χ0n) is 26.7. The number of aromatic nitrogens is 5. The standard InChI is InChI=1S/C34H37FN8O3/c1-21-39-31(28-15-24(34(2,3)36)17-37-30(28)41-25-16-29(35)32(46-6)38-18-25)42-33(40-21)43(19-22-7-11-26(44-4)12-8-22)20-23-9-13-27(45-5)14-10-23/h7-18H,19-20,36H2,1-6H3,(H,37,41). The molecule has 0 aliphatic heterocycles. The predicted molar refractivity (Wildman–Crippen MR) is 175 cm³/mol. The van der Waals surface area contributed by atoms with Gasteiger partial charge in [0, 0.05) is 30.9 Å². The average molecular weight is 625 g/mol. The molecule has 0 saturated carbocycles. The maximum absolute atomic E-state index is 14.5. The molecular formula is C34H37FN8O3. The summed E-state index contributed by atoms with van der Waals surface area (Å²) in [5.41, 5.74) is 9.55. The molecule has 2 aromatic carbocycles. The van der Waals surface area contributed by atoms with E-state index in [4.69, 9.17) is 34.9 Å². The van der Waals surface area contributed by atoms with E-state index in [2.05, 4.69) is 20.2 Å². The van der Waals surface area contributed by atoms with Crippen molar-refractivity contribution in [2.24, 2.45) is 5.73 Å². The number of aryl methyl sites for hydroxylation is 1. The number of hydrogen-bond acceptors (Lipinski definition) is 11. The Bertz CT molecular complexity index is 1750. The summed E-state index contributed by atoms with van der Waals surface area (Å²) in [5, 5.41) is 3.16. The zero-order chi connectivity index (χ0) is 32.8. The number of methoxy groups -OCH3 is 3. The van der Waals surface area contributed by atoms with Gasteiger partial charge in [0.05, 0.1) is 38.8 Å². The minimum absolute atomic E-state index is 0.106. The monoisotopic (exact) mass is 624 g/mol. The Morgan fingerprint density at radius 2 is 1.41 bits per heavy atom. The van der Waals surface area contributed by atoms with Crippen LogP contribution < -0.4 is 30.2 Å². The summed E-state index contributed by atoms with van der Waals surface area (Å²) >= 11 is 0. The van der Waals surface area contributed by atoms with Crippen molar-refractivity contribution < 1.29 is 18.6 Å². The van der Waals surface area contributed by atoms with Gasteiger partial charge in [0.1, 0.15) is 23.1 Å². The molecule has 3 N–H and O–H groups in total. The lowest BCUT2D eigenvalue weighted by Crippen LogP contribution is -2.29. The Morgan fingerprint density at radius 1 is 0.804 bits per heavy atom. The van der Waals surface area contributed by atoms with Gasteiger partial charge in [-0.2, -0.15) is 9.97 Å². The lowest BCUT2D eigenvalue weighted by atomic mass is 9.96. The molecule has 5 rings (SSSR count). The van der Waals surface area contributed by atoms with Crippen LogP contribution in [0.15, 0.2) is 73.1 Å². The summed E-state index contributed by atoms with van der Waals surface area (Å²) in [6.45, 7) is 6.61. The number of anilines is 3. The zero-order valence-corrected chi connectivity index (χ0v) is 26.7. The van der Waals surface area contributed by atoms with Crippen molar-refractivity contribution in [1.29, 1.82) is 0 Å². The highest BCUT2D eigenvalue weighted by Crippen LogP contribution is 2.32. The van der Waals surface area contributed by atoms with Crippen LogP contribution in [0.3, 0.4) is 0 Å². The van der Waals surface area contributed by atoms with Gasteiger partial charge in [-0.25, -0.2) is 19.3 Å². The minimum Gasteiger partial charge on any atom is -0.497 e. The molecule has 0 radical (unpaired) electrons. The van der Waals surface area contributed by atoms with Crippen LogP contribution in [0.25, 0.3) is 11.4 Å². The van der Waals surface area contributed by atoms with Gasteiger partial charge in [0.25, 0.3) is 0 Å². The number of nitrogens with one attached hydrogen (secondary N) is 1. The number of hydrogen-bond donors (Lipinski definition) is 2. The fourth-order valence-electron chi connectivity index (χ4n) is 4.70. The number of benzene rings is 2. The summed E-state index contributed by atoms with van der Waals surface area (Å²) in [5.74, 6) is 2.57. The molecule has 0 amide bonds. The molecule has 0 spiro atoms. The van der Waals surface area contributed by atoms with Crippen molar-refractivity contribution in [3.63, 3.8) is 0 Å². The van der Waals surface area contributed by atoms with Gasteiger partial charge in [0.2, 0.25) is 11.8 Å². The van der Waals surface area contributed by atoms with E-state index >= 15 is 0 Å². The predicted octanol–water partition coefficient (Wildman–Crippen LogP) is 5.95. The third-order valence-corrected chi connectivity index (χ3v) is 7.22. The number of halogens is 1. The van der Waals surface area contributed by atoms with Crippen LogP contribution in [0, 0.1) is 12.7 Å². The summed E-state index contributed by atoms with van der Waals surface area (Å²) in [6, 6.07) is 18.9. The average Bonchev–Trinajstić information content (AvgIpc) is 3.04. The lowest BCUT2D eigenvalue weighted by Gasteiger charge is -2.24. The highest BCUT2D eigenvalue weighted by atomic mass is 19.1. The van der Waals surface area contributed by atoms with Gasteiger partial charge in [-0.05, 0) is 67.8 Å². The molecule has 0 bridgehead atoms. The number of pyridine rings is 2. The second-order valence-corrected chi connectivity index (χ2v) is 11.2. The second kappa shape index (κ2) is 13.7. The Hall–Kier alpha value is -5.36. The van der Waals surface area contributed by atoms with Gasteiger partial charge >= 0.3 is 0 Å². The van der Waals surface area contributed by atoms with E-state index in [0.717, 1.165) is 28.2 Å². The van der Waals surface area contributed by atoms with E-state index < -0.39 is 11.4 Å². The molecule has 12 heteroatoms. The highest BCUT2D eigenvalue weighted by molar-refractivity contribution is 5.75. The van der Waals surface area contributed by atoms with Gasteiger partial charge in [-0.1, -0.05) is 24.3 Å². The molecule has 0 atom stereocenters. The molecule has 11 nitrogen and oxygen atoms in total. The van der Waals surface area contributed by atoms with E-state index in [1.165, 1.54) is 19.4 Å². The molecule has 238 valence electrons. The number of ether oxygens (including phenoxy) is 3. The van der Waals surface area contributed by atoms with E-state index in [-0.39, 0.29) is 5.88 Å². The number of nitrogens with zero attached hydrogens (tertiary/aromatic N) is 6. The maximum atomic E-state index is 14.5. The quantitative estimate of drug-likeness (QED) is 0.171. The molecule has 0 saturated heterocycles. The van der Waals surface area contributed by atoms with E-state index in [1.807, 2.05) is 75.4 Å². The summed E-state index contributed by atoms with van der Waals surface area (Å²) in [6.07, 6.45) is 3.14.